The predicted molar refractivity (Wildman–Crippen MR) is 115 cm³/mol. The minimum atomic E-state index is -3.27. The molecule has 2 fully saturated rings. The highest BCUT2D eigenvalue weighted by Gasteiger charge is 2.49. The van der Waals surface area contributed by atoms with Crippen LogP contribution in [-0.4, -0.2) is 63.6 Å². The second kappa shape index (κ2) is 8.09. The molecule has 4 rings (SSSR count). The number of halogens is 1. The summed E-state index contributed by atoms with van der Waals surface area (Å²) in [4.78, 5) is 16.7. The molecule has 160 valence electrons. The molecule has 0 saturated carbocycles. The van der Waals surface area contributed by atoms with E-state index in [4.69, 9.17) is 21.1 Å². The van der Waals surface area contributed by atoms with Gasteiger partial charge in [-0.25, -0.2) is 8.42 Å². The second-order valence-electron chi connectivity index (χ2n) is 7.55. The first-order chi connectivity index (χ1) is 14.3. The summed E-state index contributed by atoms with van der Waals surface area (Å²) in [6.45, 7) is 0.621. The molecule has 2 aliphatic rings. The summed E-state index contributed by atoms with van der Waals surface area (Å²) < 4.78 is 35.4. The number of carbonyl (C=O) groups excluding carboxylic acids is 1. The largest absolute Gasteiger partial charge is 0.497 e. The third-order valence-electron chi connectivity index (χ3n) is 5.66. The Morgan fingerprint density at radius 1 is 1.03 bits per heavy atom. The van der Waals surface area contributed by atoms with Gasteiger partial charge in [-0.3, -0.25) is 9.69 Å². The van der Waals surface area contributed by atoms with Crippen molar-refractivity contribution >= 4 is 33.0 Å². The molecule has 7 nitrogen and oxygen atoms in total. The molecule has 2 aromatic rings. The number of sulfone groups is 1. The molecule has 30 heavy (non-hydrogen) atoms. The second-order valence-corrected chi connectivity index (χ2v) is 10.1. The number of benzene rings is 2. The molecule has 2 unspecified atom stereocenters. The van der Waals surface area contributed by atoms with Crippen molar-refractivity contribution in [3.05, 3.63) is 53.1 Å². The Labute approximate surface area is 181 Å². The minimum absolute atomic E-state index is 0.0293. The van der Waals surface area contributed by atoms with E-state index in [-0.39, 0.29) is 30.0 Å². The minimum Gasteiger partial charge on any atom is -0.497 e. The van der Waals surface area contributed by atoms with Crippen LogP contribution in [-0.2, 0) is 21.2 Å². The number of carbonyl (C=O) groups is 1. The first kappa shape index (κ1) is 21.0. The van der Waals surface area contributed by atoms with Crippen molar-refractivity contribution in [3.8, 4) is 11.5 Å². The summed E-state index contributed by atoms with van der Waals surface area (Å²) in [5.41, 5.74) is 1.58. The zero-order valence-corrected chi connectivity index (χ0v) is 18.3. The average molecular weight is 451 g/mol. The topological polar surface area (TPSA) is 76.2 Å². The Balaban J connectivity index is 1.64. The Bertz CT molecular complexity index is 1060. The summed E-state index contributed by atoms with van der Waals surface area (Å²) in [6.07, 6.45) is 0. The third-order valence-corrected chi connectivity index (χ3v) is 7.65. The van der Waals surface area contributed by atoms with Gasteiger partial charge in [0.15, 0.2) is 9.84 Å². The van der Waals surface area contributed by atoms with Gasteiger partial charge in [-0.2, -0.15) is 0 Å². The van der Waals surface area contributed by atoms with Crippen LogP contribution in [0.15, 0.2) is 42.5 Å². The molecule has 1 amide bonds. The molecule has 0 N–H and O–H groups in total. The number of ether oxygens (including phenoxy) is 2. The van der Waals surface area contributed by atoms with Crippen LogP contribution in [0.3, 0.4) is 0 Å². The number of hydrogen-bond acceptors (Lipinski definition) is 6. The number of piperazine rings is 1. The SMILES string of the molecule is COc1ccc(CN2CC(=O)N(c3ccc(OC)c(Cl)c3)C3CS(=O)(=O)CC32)cc1. The fourth-order valence-electron chi connectivity index (χ4n) is 4.24. The number of nitrogens with zero attached hydrogens (tertiary/aromatic N) is 2. The van der Waals surface area contributed by atoms with E-state index in [9.17, 15) is 13.2 Å². The summed E-state index contributed by atoms with van der Waals surface area (Å²) in [7, 11) is -0.144. The molecule has 0 aliphatic carbocycles. The van der Waals surface area contributed by atoms with Gasteiger partial charge in [0, 0.05) is 18.3 Å². The molecule has 0 aromatic heterocycles. The summed E-state index contributed by atoms with van der Waals surface area (Å²) in [6, 6.07) is 11.9. The molecular weight excluding hydrogens is 428 g/mol. The van der Waals surface area contributed by atoms with E-state index < -0.39 is 15.9 Å². The fraction of sp³-hybridized carbons (Fsp3) is 0.381. The highest BCUT2D eigenvalue weighted by molar-refractivity contribution is 7.91. The number of methoxy groups -OCH3 is 2. The van der Waals surface area contributed by atoms with Crippen LogP contribution in [0, 0.1) is 0 Å². The Kier molecular flexibility index (Phi) is 5.65. The van der Waals surface area contributed by atoms with Crippen molar-refractivity contribution in [2.75, 3.05) is 37.2 Å². The van der Waals surface area contributed by atoms with Gasteiger partial charge >= 0.3 is 0 Å². The Morgan fingerprint density at radius 2 is 1.73 bits per heavy atom. The van der Waals surface area contributed by atoms with Gasteiger partial charge in [-0.05, 0) is 35.9 Å². The van der Waals surface area contributed by atoms with Gasteiger partial charge < -0.3 is 14.4 Å². The molecule has 2 aromatic carbocycles. The van der Waals surface area contributed by atoms with Crippen molar-refractivity contribution in [2.45, 2.75) is 18.6 Å². The van der Waals surface area contributed by atoms with Gasteiger partial charge in [0.25, 0.3) is 0 Å². The highest BCUT2D eigenvalue weighted by atomic mass is 35.5. The lowest BCUT2D eigenvalue weighted by Gasteiger charge is -2.43. The van der Waals surface area contributed by atoms with Crippen LogP contribution in [0.4, 0.5) is 5.69 Å². The summed E-state index contributed by atoms with van der Waals surface area (Å²) in [5.74, 6) is 1.07. The van der Waals surface area contributed by atoms with E-state index in [0.29, 0.717) is 23.0 Å². The van der Waals surface area contributed by atoms with Crippen LogP contribution < -0.4 is 14.4 Å². The first-order valence-corrected chi connectivity index (χ1v) is 11.7. The smallest absolute Gasteiger partial charge is 0.241 e. The van der Waals surface area contributed by atoms with E-state index in [1.165, 1.54) is 7.11 Å². The van der Waals surface area contributed by atoms with E-state index in [1.54, 1.807) is 30.2 Å². The molecule has 2 heterocycles. The number of anilines is 1. The van der Waals surface area contributed by atoms with Crippen LogP contribution in [0.2, 0.25) is 5.02 Å². The summed E-state index contributed by atoms with van der Waals surface area (Å²) in [5, 5.41) is 0.376. The number of amides is 1. The van der Waals surface area contributed by atoms with Gasteiger partial charge in [-0.1, -0.05) is 23.7 Å². The van der Waals surface area contributed by atoms with E-state index in [1.807, 2.05) is 29.2 Å². The van der Waals surface area contributed by atoms with E-state index in [0.717, 1.165) is 11.3 Å². The molecule has 2 atom stereocenters. The lowest BCUT2D eigenvalue weighted by atomic mass is 10.0. The standard InChI is InChI=1S/C21H23ClN2O5S/c1-28-16-6-3-14(4-7-16)10-23-11-21(25)24(19-13-30(26,27)12-18(19)23)15-5-8-20(29-2)17(22)9-15/h3-9,18-19H,10-13H2,1-2H3. The monoisotopic (exact) mass is 450 g/mol. The fourth-order valence-corrected chi connectivity index (χ4v) is 6.47. The van der Waals surface area contributed by atoms with Gasteiger partial charge in [-0.15, -0.1) is 0 Å². The van der Waals surface area contributed by atoms with Crippen molar-refractivity contribution < 1.29 is 22.7 Å². The van der Waals surface area contributed by atoms with Crippen molar-refractivity contribution in [3.63, 3.8) is 0 Å². The van der Waals surface area contributed by atoms with Gasteiger partial charge in [0.1, 0.15) is 11.5 Å². The lowest BCUT2D eigenvalue weighted by Crippen LogP contribution is -2.61. The van der Waals surface area contributed by atoms with Crippen molar-refractivity contribution in [2.24, 2.45) is 0 Å². The zero-order valence-electron chi connectivity index (χ0n) is 16.7. The first-order valence-electron chi connectivity index (χ1n) is 9.54. The average Bonchev–Trinajstić information content (AvgIpc) is 3.03. The maximum atomic E-state index is 13.1. The predicted octanol–water partition coefficient (Wildman–Crippen LogP) is 2.37. The zero-order chi connectivity index (χ0) is 21.5. The van der Waals surface area contributed by atoms with Crippen LogP contribution in [0.1, 0.15) is 5.56 Å². The van der Waals surface area contributed by atoms with Gasteiger partial charge in [0.2, 0.25) is 5.91 Å². The maximum Gasteiger partial charge on any atom is 0.241 e. The number of rotatable bonds is 5. The molecule has 0 radical (unpaired) electrons. The highest BCUT2D eigenvalue weighted by Crippen LogP contribution is 2.36. The van der Waals surface area contributed by atoms with E-state index in [2.05, 4.69) is 0 Å². The van der Waals surface area contributed by atoms with Gasteiger partial charge in [0.05, 0.1) is 43.3 Å². The molecule has 2 saturated heterocycles. The Hall–Kier alpha value is -2.29. The van der Waals surface area contributed by atoms with Crippen molar-refractivity contribution in [1.29, 1.82) is 0 Å². The normalized spacial score (nSPS) is 23.3. The summed E-state index contributed by atoms with van der Waals surface area (Å²) >= 11 is 6.25. The lowest BCUT2D eigenvalue weighted by molar-refractivity contribution is -0.123. The third kappa shape index (κ3) is 3.99. The molecule has 9 heteroatoms. The molecule has 0 bridgehead atoms. The van der Waals surface area contributed by atoms with Crippen LogP contribution >= 0.6 is 11.6 Å². The molecular formula is C21H23ClN2O5S. The molecule has 2 aliphatic heterocycles. The molecule has 0 spiro atoms. The van der Waals surface area contributed by atoms with E-state index >= 15 is 0 Å². The maximum absolute atomic E-state index is 13.1. The van der Waals surface area contributed by atoms with Crippen molar-refractivity contribution in [1.82, 2.24) is 4.90 Å². The number of hydrogen-bond donors (Lipinski definition) is 0. The van der Waals surface area contributed by atoms with Crippen LogP contribution in [0.5, 0.6) is 11.5 Å². The quantitative estimate of drug-likeness (QED) is 0.696. The van der Waals surface area contributed by atoms with Crippen LogP contribution in [0.25, 0.3) is 0 Å². The Morgan fingerprint density at radius 3 is 2.37 bits per heavy atom. The number of fused-ring (bicyclic) bond motifs is 1.